The summed E-state index contributed by atoms with van der Waals surface area (Å²) in [6.45, 7) is 0.815. The smallest absolute Gasteiger partial charge is 0.186 e. The SMILES string of the molecule is CCCCCCCCCCC(CCCCCCCCCC)COCC(COC1OC(CO)C(O)C(O)C1O)(COC1OC(CO)C(O)C(O)C1O)COC1OC(CO)C(O)C(O)C1O. The minimum Gasteiger partial charge on any atom is -0.394 e. The zero-order valence-electron chi connectivity index (χ0n) is 38.3. The molecule has 0 aromatic heterocycles. The molecule has 0 spiro atoms. The van der Waals surface area contributed by atoms with Gasteiger partial charge in [0.05, 0.1) is 51.7 Å². The molecule has 0 saturated carbocycles. The summed E-state index contributed by atoms with van der Waals surface area (Å²) >= 11 is 0. The molecule has 15 atom stereocenters. The summed E-state index contributed by atoms with van der Waals surface area (Å²) in [5.41, 5.74) is -1.54. The molecule has 3 aliphatic heterocycles. The van der Waals surface area contributed by atoms with E-state index in [9.17, 15) is 61.3 Å². The molecule has 0 aromatic carbocycles. The van der Waals surface area contributed by atoms with Crippen LogP contribution in [-0.4, -0.2) is 206 Å². The molecule has 0 amide bonds. The molecule has 3 heterocycles. The first-order chi connectivity index (χ1) is 30.8. The van der Waals surface area contributed by atoms with Crippen LogP contribution in [0, 0.1) is 11.3 Å². The molecular weight excluding hydrogens is 844 g/mol. The predicted octanol–water partition coefficient (Wildman–Crippen LogP) is 0.117. The summed E-state index contributed by atoms with van der Waals surface area (Å²) in [5, 5.41) is 125. The van der Waals surface area contributed by atoms with Gasteiger partial charge in [0, 0.05) is 6.61 Å². The molecule has 64 heavy (non-hydrogen) atoms. The quantitative estimate of drug-likeness (QED) is 0.0382. The van der Waals surface area contributed by atoms with Gasteiger partial charge in [0.1, 0.15) is 73.2 Å². The Morgan fingerprint density at radius 3 is 0.984 bits per heavy atom. The first kappa shape index (κ1) is 57.6. The Morgan fingerprint density at radius 1 is 0.391 bits per heavy atom. The molecule has 12 N–H and O–H groups in total. The van der Waals surface area contributed by atoms with Gasteiger partial charge in [-0.15, -0.1) is 0 Å². The van der Waals surface area contributed by atoms with Crippen LogP contribution in [0.1, 0.15) is 129 Å². The minimum atomic E-state index is -1.79. The summed E-state index contributed by atoms with van der Waals surface area (Å²) in [4.78, 5) is 0. The summed E-state index contributed by atoms with van der Waals surface area (Å²) in [6.07, 6.45) is -3.92. The number of ether oxygens (including phenoxy) is 7. The third-order valence-electron chi connectivity index (χ3n) is 12.9. The molecule has 3 saturated heterocycles. The van der Waals surface area contributed by atoms with Gasteiger partial charge in [-0.3, -0.25) is 0 Å². The fraction of sp³-hybridized carbons (Fsp3) is 1.00. The lowest BCUT2D eigenvalue weighted by Gasteiger charge is -2.44. The van der Waals surface area contributed by atoms with Crippen molar-refractivity contribution >= 4 is 0 Å². The fourth-order valence-corrected chi connectivity index (χ4v) is 8.53. The number of hydrogen-bond acceptors (Lipinski definition) is 19. The molecule has 19 nitrogen and oxygen atoms in total. The fourth-order valence-electron chi connectivity index (χ4n) is 8.53. The van der Waals surface area contributed by atoms with E-state index in [-0.39, 0.29) is 12.5 Å². The van der Waals surface area contributed by atoms with Gasteiger partial charge in [0.2, 0.25) is 0 Å². The first-order valence-electron chi connectivity index (χ1n) is 24.1. The molecule has 0 aromatic rings. The van der Waals surface area contributed by atoms with Crippen molar-refractivity contribution in [1.82, 2.24) is 0 Å². The summed E-state index contributed by atoms with van der Waals surface area (Å²) in [5.74, 6) is 0.168. The Morgan fingerprint density at radius 2 is 0.688 bits per heavy atom. The van der Waals surface area contributed by atoms with Crippen molar-refractivity contribution in [2.24, 2.45) is 11.3 Å². The monoisotopic (exact) mass is 931 g/mol. The van der Waals surface area contributed by atoms with Crippen LogP contribution in [-0.2, 0) is 33.2 Å². The topological polar surface area (TPSA) is 307 Å². The second kappa shape index (κ2) is 31.4. The van der Waals surface area contributed by atoms with Crippen molar-refractivity contribution < 1.29 is 94.4 Å². The minimum absolute atomic E-state index is 0.168. The van der Waals surface area contributed by atoms with Crippen LogP contribution in [0.15, 0.2) is 0 Å². The van der Waals surface area contributed by atoms with Crippen LogP contribution in [0.3, 0.4) is 0 Å². The molecule has 380 valence electrons. The van der Waals surface area contributed by atoms with E-state index in [4.69, 9.17) is 33.2 Å². The molecule has 15 unspecified atom stereocenters. The van der Waals surface area contributed by atoms with E-state index in [0.29, 0.717) is 6.61 Å². The van der Waals surface area contributed by atoms with E-state index in [1.807, 2.05) is 0 Å². The van der Waals surface area contributed by atoms with Gasteiger partial charge in [-0.2, -0.15) is 0 Å². The van der Waals surface area contributed by atoms with Crippen molar-refractivity contribution in [3.63, 3.8) is 0 Å². The number of hydrogen-bond donors (Lipinski definition) is 12. The Balaban J connectivity index is 1.89. The van der Waals surface area contributed by atoms with Crippen LogP contribution >= 0.6 is 0 Å². The van der Waals surface area contributed by atoms with E-state index in [1.165, 1.54) is 64.2 Å². The van der Waals surface area contributed by atoms with E-state index in [2.05, 4.69) is 13.8 Å². The summed E-state index contributed by atoms with van der Waals surface area (Å²) in [7, 11) is 0. The summed E-state index contributed by atoms with van der Waals surface area (Å²) < 4.78 is 41.5. The zero-order chi connectivity index (χ0) is 47.1. The van der Waals surface area contributed by atoms with Crippen LogP contribution in [0.4, 0.5) is 0 Å². The molecule has 19 heteroatoms. The molecule has 0 aliphatic carbocycles. The van der Waals surface area contributed by atoms with Crippen molar-refractivity contribution in [2.75, 3.05) is 52.9 Å². The third kappa shape index (κ3) is 18.3. The van der Waals surface area contributed by atoms with Crippen molar-refractivity contribution in [2.45, 2.75) is 222 Å². The van der Waals surface area contributed by atoms with E-state index in [0.717, 1.165) is 51.4 Å². The Hall–Kier alpha value is -0.760. The van der Waals surface area contributed by atoms with Crippen molar-refractivity contribution in [1.29, 1.82) is 0 Å². The molecule has 3 rings (SSSR count). The second-order valence-electron chi connectivity index (χ2n) is 18.4. The van der Waals surface area contributed by atoms with Gasteiger partial charge in [-0.25, -0.2) is 0 Å². The maximum atomic E-state index is 10.9. The van der Waals surface area contributed by atoms with E-state index in [1.54, 1.807) is 0 Å². The van der Waals surface area contributed by atoms with Crippen molar-refractivity contribution in [3.8, 4) is 0 Å². The second-order valence-corrected chi connectivity index (χ2v) is 18.4. The first-order valence-corrected chi connectivity index (χ1v) is 24.1. The highest BCUT2D eigenvalue weighted by molar-refractivity contribution is 4.93. The summed E-state index contributed by atoms with van der Waals surface area (Å²) in [6, 6.07) is 0. The predicted molar refractivity (Wildman–Crippen MR) is 230 cm³/mol. The highest BCUT2D eigenvalue weighted by Crippen LogP contribution is 2.32. The van der Waals surface area contributed by atoms with Crippen molar-refractivity contribution in [3.05, 3.63) is 0 Å². The molecule has 0 radical (unpaired) electrons. The van der Waals surface area contributed by atoms with Gasteiger partial charge in [-0.05, 0) is 18.8 Å². The number of aliphatic hydroxyl groups excluding tert-OH is 12. The van der Waals surface area contributed by atoms with Crippen LogP contribution < -0.4 is 0 Å². The third-order valence-corrected chi connectivity index (χ3v) is 12.9. The average Bonchev–Trinajstić information content (AvgIpc) is 3.29. The van der Waals surface area contributed by atoms with Gasteiger partial charge >= 0.3 is 0 Å². The molecular formula is C45H86O19. The maximum Gasteiger partial charge on any atom is 0.186 e. The molecule has 0 bridgehead atoms. The van der Waals surface area contributed by atoms with Crippen LogP contribution in [0.25, 0.3) is 0 Å². The Bertz CT molecular complexity index is 1050. The lowest BCUT2D eigenvalue weighted by atomic mass is 9.90. The standard InChI is InChI=1S/C45H86O19/c1-3-5-7-9-11-13-15-17-19-29(20-18-16-14-12-10-8-6-4-2)24-58-25-45(26-59-42-39(55)36(52)33(49)30(21-46)62-42,27-60-43-40(56)37(53)34(50)31(22-47)63-43)28-61-44-41(57)38(54)35(51)32(23-48)64-44/h29-44,46-57H,3-28H2,1-2H3. The normalized spacial score (nSPS) is 34.6. The maximum absolute atomic E-state index is 10.9. The van der Waals surface area contributed by atoms with Crippen LogP contribution in [0.5, 0.6) is 0 Å². The Labute approximate surface area is 379 Å². The highest BCUT2D eigenvalue weighted by atomic mass is 16.7. The Kier molecular flexibility index (Phi) is 28.2. The van der Waals surface area contributed by atoms with Crippen LogP contribution in [0.2, 0.25) is 0 Å². The number of aliphatic hydroxyl groups is 12. The average molecular weight is 931 g/mol. The van der Waals surface area contributed by atoms with E-state index >= 15 is 0 Å². The largest absolute Gasteiger partial charge is 0.394 e. The van der Waals surface area contributed by atoms with Gasteiger partial charge < -0.3 is 94.4 Å². The van der Waals surface area contributed by atoms with Gasteiger partial charge in [0.25, 0.3) is 0 Å². The lowest BCUT2D eigenvalue weighted by molar-refractivity contribution is -0.332. The number of rotatable bonds is 34. The lowest BCUT2D eigenvalue weighted by Crippen LogP contribution is -2.61. The van der Waals surface area contributed by atoms with E-state index < -0.39 is 137 Å². The number of unbranched alkanes of at least 4 members (excludes halogenated alkanes) is 14. The molecule has 3 aliphatic rings. The highest BCUT2D eigenvalue weighted by Gasteiger charge is 2.49. The molecule has 3 fully saturated rings. The van der Waals surface area contributed by atoms with Gasteiger partial charge in [0.15, 0.2) is 18.9 Å². The van der Waals surface area contributed by atoms with Gasteiger partial charge in [-0.1, -0.05) is 117 Å². The zero-order valence-corrected chi connectivity index (χ0v) is 38.3.